The van der Waals surface area contributed by atoms with Crippen LogP contribution in [0, 0.1) is 11.3 Å². The van der Waals surface area contributed by atoms with Gasteiger partial charge in [0, 0.05) is 0 Å². The summed E-state index contributed by atoms with van der Waals surface area (Å²) in [5.41, 5.74) is 1.90. The van der Waals surface area contributed by atoms with Crippen molar-refractivity contribution in [3.05, 3.63) is 11.6 Å². The molecule has 16 heavy (non-hydrogen) atoms. The van der Waals surface area contributed by atoms with Crippen LogP contribution < -0.4 is 5.32 Å². The SMILES string of the molecule is CC.CC(C)(C)C1CCNC1.CC=C(C)C. The lowest BCUT2D eigenvalue weighted by Crippen LogP contribution is -2.22. The van der Waals surface area contributed by atoms with Crippen molar-refractivity contribution in [2.75, 3.05) is 13.1 Å². The van der Waals surface area contributed by atoms with Gasteiger partial charge in [0.15, 0.2) is 0 Å². The van der Waals surface area contributed by atoms with Gasteiger partial charge in [0.2, 0.25) is 0 Å². The van der Waals surface area contributed by atoms with Gasteiger partial charge < -0.3 is 5.32 Å². The molecular formula is C15H33N. The van der Waals surface area contributed by atoms with E-state index in [-0.39, 0.29) is 0 Å². The van der Waals surface area contributed by atoms with Crippen LogP contribution in [0.3, 0.4) is 0 Å². The molecule has 0 aliphatic carbocycles. The Labute approximate surface area is 104 Å². The van der Waals surface area contributed by atoms with Gasteiger partial charge in [-0.2, -0.15) is 0 Å². The summed E-state index contributed by atoms with van der Waals surface area (Å²) in [5.74, 6) is 0.900. The molecule has 0 aromatic carbocycles. The highest BCUT2D eigenvalue weighted by Crippen LogP contribution is 2.29. The molecule has 1 aliphatic heterocycles. The zero-order chi connectivity index (χ0) is 13.2. The Bertz CT molecular complexity index is 164. The van der Waals surface area contributed by atoms with Crippen LogP contribution in [-0.2, 0) is 0 Å². The van der Waals surface area contributed by atoms with Gasteiger partial charge in [-0.05, 0) is 51.6 Å². The maximum Gasteiger partial charge on any atom is -0.00150 e. The largest absolute Gasteiger partial charge is 0.316 e. The van der Waals surface area contributed by atoms with Crippen LogP contribution in [0.5, 0.6) is 0 Å². The molecule has 1 atom stereocenters. The maximum absolute atomic E-state index is 3.38. The van der Waals surface area contributed by atoms with E-state index in [4.69, 9.17) is 0 Å². The van der Waals surface area contributed by atoms with Crippen LogP contribution in [-0.4, -0.2) is 13.1 Å². The highest BCUT2D eigenvalue weighted by molar-refractivity contribution is 4.88. The van der Waals surface area contributed by atoms with Gasteiger partial charge in [0.1, 0.15) is 0 Å². The first-order chi connectivity index (χ1) is 7.38. The van der Waals surface area contributed by atoms with Gasteiger partial charge in [0.05, 0.1) is 0 Å². The standard InChI is InChI=1S/C8H17N.C5H10.C2H6/c1-8(2,3)7-4-5-9-6-7;1-4-5(2)3;1-2/h7,9H,4-6H2,1-3H3;4H,1-3H3;1-2H3. The van der Waals surface area contributed by atoms with Gasteiger partial charge in [-0.1, -0.05) is 46.3 Å². The molecule has 1 aliphatic rings. The number of allylic oxidation sites excluding steroid dienone is 2. The molecule has 98 valence electrons. The minimum atomic E-state index is 0.517. The minimum absolute atomic E-state index is 0.517. The number of hydrogen-bond acceptors (Lipinski definition) is 1. The second-order valence-electron chi connectivity index (χ2n) is 5.42. The summed E-state index contributed by atoms with van der Waals surface area (Å²) in [4.78, 5) is 0. The Kier molecular flexibility index (Phi) is 11.2. The summed E-state index contributed by atoms with van der Waals surface area (Å²) in [7, 11) is 0. The van der Waals surface area contributed by atoms with Gasteiger partial charge in [-0.25, -0.2) is 0 Å². The van der Waals surface area contributed by atoms with Crippen LogP contribution in [0.4, 0.5) is 0 Å². The highest BCUT2D eigenvalue weighted by Gasteiger charge is 2.26. The van der Waals surface area contributed by atoms with Gasteiger partial charge in [0.25, 0.3) is 0 Å². The predicted octanol–water partition coefficient (Wildman–Crippen LogP) is 4.64. The van der Waals surface area contributed by atoms with E-state index < -0.39 is 0 Å². The van der Waals surface area contributed by atoms with E-state index in [0.717, 1.165) is 5.92 Å². The molecule has 0 saturated carbocycles. The van der Waals surface area contributed by atoms with Crippen molar-refractivity contribution in [3.63, 3.8) is 0 Å². The zero-order valence-electron chi connectivity index (χ0n) is 12.8. The number of rotatable bonds is 0. The Morgan fingerprint density at radius 3 is 1.75 bits per heavy atom. The molecular weight excluding hydrogens is 194 g/mol. The summed E-state index contributed by atoms with van der Waals surface area (Å²) in [6.07, 6.45) is 3.45. The predicted molar refractivity (Wildman–Crippen MR) is 76.9 cm³/mol. The van der Waals surface area contributed by atoms with E-state index in [2.05, 4.69) is 46.0 Å². The smallest absolute Gasteiger partial charge is 0.00150 e. The fourth-order valence-electron chi connectivity index (χ4n) is 1.39. The molecule has 1 unspecified atom stereocenters. The summed E-state index contributed by atoms with van der Waals surface area (Å²) >= 11 is 0. The van der Waals surface area contributed by atoms with E-state index in [1.54, 1.807) is 0 Å². The Balaban J connectivity index is 0. The summed E-state index contributed by atoms with van der Waals surface area (Å²) in [6, 6.07) is 0. The van der Waals surface area contributed by atoms with Crippen LogP contribution in [0.2, 0.25) is 0 Å². The quantitative estimate of drug-likeness (QED) is 0.594. The van der Waals surface area contributed by atoms with Crippen molar-refractivity contribution >= 4 is 0 Å². The molecule has 0 radical (unpaired) electrons. The lowest BCUT2D eigenvalue weighted by atomic mass is 9.80. The van der Waals surface area contributed by atoms with E-state index in [1.807, 2.05) is 20.8 Å². The van der Waals surface area contributed by atoms with Crippen LogP contribution in [0.15, 0.2) is 11.6 Å². The number of hydrogen-bond donors (Lipinski definition) is 1. The van der Waals surface area contributed by atoms with Crippen LogP contribution >= 0.6 is 0 Å². The highest BCUT2D eigenvalue weighted by atomic mass is 14.9. The topological polar surface area (TPSA) is 12.0 Å². The van der Waals surface area contributed by atoms with Gasteiger partial charge in [-0.3, -0.25) is 0 Å². The minimum Gasteiger partial charge on any atom is -0.316 e. The van der Waals surface area contributed by atoms with E-state index in [9.17, 15) is 0 Å². The molecule has 1 heteroatoms. The molecule has 1 fully saturated rings. The first-order valence-corrected chi connectivity index (χ1v) is 6.68. The second kappa shape index (κ2) is 9.89. The number of nitrogens with one attached hydrogen (secondary N) is 1. The Morgan fingerprint density at radius 2 is 1.62 bits per heavy atom. The third-order valence-corrected chi connectivity index (χ3v) is 2.86. The van der Waals surface area contributed by atoms with E-state index in [1.165, 1.54) is 25.1 Å². The van der Waals surface area contributed by atoms with E-state index >= 15 is 0 Å². The van der Waals surface area contributed by atoms with Crippen molar-refractivity contribution in [2.24, 2.45) is 11.3 Å². The van der Waals surface area contributed by atoms with Crippen LogP contribution in [0.1, 0.15) is 61.8 Å². The van der Waals surface area contributed by atoms with Gasteiger partial charge in [-0.15, -0.1) is 0 Å². The molecule has 1 nitrogen and oxygen atoms in total. The molecule has 0 aromatic rings. The molecule has 0 amide bonds. The fourth-order valence-corrected chi connectivity index (χ4v) is 1.39. The summed E-state index contributed by atoms with van der Waals surface area (Å²) < 4.78 is 0. The summed E-state index contributed by atoms with van der Waals surface area (Å²) in [6.45, 7) is 19.6. The molecule has 1 rings (SSSR count). The van der Waals surface area contributed by atoms with Gasteiger partial charge >= 0.3 is 0 Å². The molecule has 1 heterocycles. The average molecular weight is 227 g/mol. The first-order valence-electron chi connectivity index (χ1n) is 6.68. The summed E-state index contributed by atoms with van der Waals surface area (Å²) in [5, 5.41) is 3.38. The monoisotopic (exact) mass is 227 g/mol. The van der Waals surface area contributed by atoms with Crippen molar-refractivity contribution in [1.29, 1.82) is 0 Å². The van der Waals surface area contributed by atoms with Crippen LogP contribution in [0.25, 0.3) is 0 Å². The third kappa shape index (κ3) is 10.2. The second-order valence-corrected chi connectivity index (χ2v) is 5.42. The molecule has 1 N–H and O–H groups in total. The van der Waals surface area contributed by atoms with Crippen molar-refractivity contribution in [1.82, 2.24) is 5.32 Å². The Morgan fingerprint density at radius 1 is 1.19 bits per heavy atom. The molecule has 0 bridgehead atoms. The van der Waals surface area contributed by atoms with E-state index in [0.29, 0.717) is 5.41 Å². The zero-order valence-corrected chi connectivity index (χ0v) is 12.8. The third-order valence-electron chi connectivity index (χ3n) is 2.86. The molecule has 0 aromatic heterocycles. The Hall–Kier alpha value is -0.300. The molecule has 0 spiro atoms. The lowest BCUT2D eigenvalue weighted by Gasteiger charge is -2.25. The first kappa shape index (κ1) is 18.1. The van der Waals surface area contributed by atoms with Crippen molar-refractivity contribution < 1.29 is 0 Å². The molecule has 1 saturated heterocycles. The maximum atomic E-state index is 3.38. The van der Waals surface area contributed by atoms with Crippen molar-refractivity contribution in [2.45, 2.75) is 61.8 Å². The normalized spacial score (nSPS) is 18.9. The lowest BCUT2D eigenvalue weighted by molar-refractivity contribution is 0.261. The van der Waals surface area contributed by atoms with Crippen molar-refractivity contribution in [3.8, 4) is 0 Å². The fraction of sp³-hybridized carbons (Fsp3) is 0.867. The average Bonchev–Trinajstić information content (AvgIpc) is 2.74.